The van der Waals surface area contributed by atoms with Gasteiger partial charge in [0.2, 0.25) is 23.6 Å². The summed E-state index contributed by atoms with van der Waals surface area (Å²) in [6, 6.07) is 16.8. The summed E-state index contributed by atoms with van der Waals surface area (Å²) in [5.41, 5.74) is 2.69. The van der Waals surface area contributed by atoms with E-state index in [-0.39, 0.29) is 11.8 Å². The number of hydrogen-bond donors (Lipinski definition) is 1. The summed E-state index contributed by atoms with van der Waals surface area (Å²) in [6.07, 6.45) is 1.44. The molecule has 4 rings (SSSR count). The molecule has 2 aromatic carbocycles. The minimum atomic E-state index is -0.453. The summed E-state index contributed by atoms with van der Waals surface area (Å²) < 4.78 is 5.70. The van der Waals surface area contributed by atoms with Crippen LogP contribution in [0.1, 0.15) is 24.3 Å². The molecule has 1 atom stereocenters. The van der Waals surface area contributed by atoms with E-state index in [1.807, 2.05) is 61.5 Å². The summed E-state index contributed by atoms with van der Waals surface area (Å²) in [6.45, 7) is 1.98. The van der Waals surface area contributed by atoms with Crippen molar-refractivity contribution in [3.63, 3.8) is 0 Å². The molecular weight excluding hydrogens is 412 g/mol. The fourth-order valence-electron chi connectivity index (χ4n) is 3.44. The predicted octanol–water partition coefficient (Wildman–Crippen LogP) is 3.91. The molecule has 31 heavy (non-hydrogen) atoms. The van der Waals surface area contributed by atoms with Crippen molar-refractivity contribution in [1.82, 2.24) is 15.1 Å². The van der Waals surface area contributed by atoms with Gasteiger partial charge in [0.05, 0.1) is 5.88 Å². The van der Waals surface area contributed by atoms with Gasteiger partial charge in [0.15, 0.2) is 0 Å². The number of aryl methyl sites for hydroxylation is 2. The van der Waals surface area contributed by atoms with Crippen molar-refractivity contribution < 1.29 is 14.0 Å². The van der Waals surface area contributed by atoms with Gasteiger partial charge in [-0.2, -0.15) is 0 Å². The zero-order chi connectivity index (χ0) is 21.6. The first-order valence-electron chi connectivity index (χ1n) is 10.2. The molecule has 0 spiro atoms. The molecule has 0 saturated carbocycles. The molecule has 0 bridgehead atoms. The second-order valence-electron chi connectivity index (χ2n) is 7.46. The molecule has 2 heterocycles. The maximum absolute atomic E-state index is 12.7. The number of carbonyl (C=O) groups excluding carboxylic acids is 2. The number of amides is 2. The first-order chi connectivity index (χ1) is 15.1. The van der Waals surface area contributed by atoms with E-state index >= 15 is 0 Å². The number of nitrogens with zero attached hydrogens (tertiary/aromatic N) is 3. The van der Waals surface area contributed by atoms with Crippen LogP contribution in [0.3, 0.4) is 0 Å². The van der Waals surface area contributed by atoms with Gasteiger partial charge in [-0.3, -0.25) is 9.59 Å². The average Bonchev–Trinajstić information content (AvgIpc) is 3.44. The largest absolute Gasteiger partial charge is 0.421 e. The first-order valence-corrected chi connectivity index (χ1v) is 11.4. The average molecular weight is 437 g/mol. The van der Waals surface area contributed by atoms with Crippen molar-refractivity contribution in [2.75, 3.05) is 16.9 Å². The van der Waals surface area contributed by atoms with Gasteiger partial charge in [-0.25, -0.2) is 0 Å². The first kappa shape index (κ1) is 21.1. The molecule has 1 saturated heterocycles. The second kappa shape index (κ2) is 9.78. The maximum Gasteiger partial charge on any atom is 0.248 e. The molecule has 0 radical (unpaired) electrons. The SMILES string of the molecule is Cc1cccc(NC(=O)C2CSCN2C(=O)CCCc2nnc(-c3ccccc3)o2)c1. The number of aromatic nitrogens is 2. The van der Waals surface area contributed by atoms with E-state index in [1.165, 1.54) is 0 Å². The van der Waals surface area contributed by atoms with Gasteiger partial charge in [-0.05, 0) is 43.2 Å². The van der Waals surface area contributed by atoms with Gasteiger partial charge in [0.1, 0.15) is 6.04 Å². The van der Waals surface area contributed by atoms with E-state index in [1.54, 1.807) is 16.7 Å². The molecule has 1 aromatic heterocycles. The summed E-state index contributed by atoms with van der Waals surface area (Å²) >= 11 is 1.59. The summed E-state index contributed by atoms with van der Waals surface area (Å²) in [4.78, 5) is 27.1. The van der Waals surface area contributed by atoms with E-state index in [9.17, 15) is 9.59 Å². The lowest BCUT2D eigenvalue weighted by Gasteiger charge is -2.23. The van der Waals surface area contributed by atoms with Crippen LogP contribution in [0.15, 0.2) is 59.0 Å². The van der Waals surface area contributed by atoms with Crippen molar-refractivity contribution in [1.29, 1.82) is 0 Å². The highest BCUT2D eigenvalue weighted by molar-refractivity contribution is 7.99. The molecule has 1 aliphatic rings. The molecule has 1 unspecified atom stereocenters. The van der Waals surface area contributed by atoms with Gasteiger partial charge in [-0.1, -0.05) is 30.3 Å². The number of hydrogen-bond acceptors (Lipinski definition) is 6. The molecule has 1 fully saturated rings. The van der Waals surface area contributed by atoms with E-state index in [0.29, 0.717) is 42.7 Å². The number of thioether (sulfide) groups is 1. The number of rotatable bonds is 7. The van der Waals surface area contributed by atoms with Crippen molar-refractivity contribution in [2.24, 2.45) is 0 Å². The Morgan fingerprint density at radius 2 is 2.00 bits per heavy atom. The van der Waals surface area contributed by atoms with Crippen LogP contribution in [-0.2, 0) is 16.0 Å². The highest BCUT2D eigenvalue weighted by atomic mass is 32.2. The Morgan fingerprint density at radius 1 is 1.16 bits per heavy atom. The zero-order valence-corrected chi connectivity index (χ0v) is 18.1. The molecular formula is C23H24N4O3S. The van der Waals surface area contributed by atoms with Crippen molar-refractivity contribution in [3.05, 3.63) is 66.1 Å². The summed E-state index contributed by atoms with van der Waals surface area (Å²) in [5.74, 6) is 1.95. The fraction of sp³-hybridized carbons (Fsp3) is 0.304. The standard InChI is InChI=1S/C23H24N4O3S/c1-16-7-5-10-18(13-16)24-22(29)19-14-31-15-27(19)21(28)12-6-11-20-25-26-23(30-20)17-8-3-2-4-9-17/h2-5,7-10,13,19H,6,11-12,14-15H2,1H3,(H,24,29). The Kier molecular flexibility index (Phi) is 6.66. The molecule has 1 aliphatic heterocycles. The summed E-state index contributed by atoms with van der Waals surface area (Å²) in [5, 5.41) is 11.1. The van der Waals surface area contributed by atoms with Gasteiger partial charge in [0, 0.05) is 29.8 Å². The number of nitrogens with one attached hydrogen (secondary N) is 1. The lowest BCUT2D eigenvalue weighted by atomic mass is 10.2. The molecule has 2 amide bonds. The van der Waals surface area contributed by atoms with Crippen LogP contribution in [0.2, 0.25) is 0 Å². The smallest absolute Gasteiger partial charge is 0.248 e. The van der Waals surface area contributed by atoms with Crippen LogP contribution in [0, 0.1) is 6.92 Å². The Labute approximate surface area is 185 Å². The van der Waals surface area contributed by atoms with Crippen LogP contribution >= 0.6 is 11.8 Å². The second-order valence-corrected chi connectivity index (χ2v) is 8.46. The van der Waals surface area contributed by atoms with Gasteiger partial charge in [0.25, 0.3) is 0 Å². The van der Waals surface area contributed by atoms with Crippen LogP contribution < -0.4 is 5.32 Å². The van der Waals surface area contributed by atoms with Crippen LogP contribution in [0.25, 0.3) is 11.5 Å². The number of carbonyl (C=O) groups is 2. The predicted molar refractivity (Wildman–Crippen MR) is 120 cm³/mol. The molecule has 160 valence electrons. The van der Waals surface area contributed by atoms with E-state index in [0.717, 1.165) is 16.8 Å². The quantitative estimate of drug-likeness (QED) is 0.604. The lowest BCUT2D eigenvalue weighted by molar-refractivity contribution is -0.136. The highest BCUT2D eigenvalue weighted by Gasteiger charge is 2.34. The van der Waals surface area contributed by atoms with E-state index < -0.39 is 6.04 Å². The molecule has 0 aliphatic carbocycles. The molecule has 7 nitrogen and oxygen atoms in total. The fourth-order valence-corrected chi connectivity index (χ4v) is 4.62. The van der Waals surface area contributed by atoms with E-state index in [2.05, 4.69) is 15.5 Å². The van der Waals surface area contributed by atoms with Crippen LogP contribution in [0.4, 0.5) is 5.69 Å². The van der Waals surface area contributed by atoms with Crippen molar-refractivity contribution >= 4 is 29.3 Å². The Morgan fingerprint density at radius 3 is 2.81 bits per heavy atom. The van der Waals surface area contributed by atoms with Crippen LogP contribution in [-0.4, -0.2) is 44.6 Å². The number of anilines is 1. The normalized spacial score (nSPS) is 15.8. The Balaban J connectivity index is 1.29. The van der Waals surface area contributed by atoms with Crippen molar-refractivity contribution in [2.45, 2.75) is 32.2 Å². The minimum absolute atomic E-state index is 0.0304. The third-order valence-corrected chi connectivity index (χ3v) is 6.07. The van der Waals surface area contributed by atoms with Crippen molar-refractivity contribution in [3.8, 4) is 11.5 Å². The van der Waals surface area contributed by atoms with Crippen LogP contribution in [0.5, 0.6) is 0 Å². The van der Waals surface area contributed by atoms with Gasteiger partial charge < -0.3 is 14.6 Å². The maximum atomic E-state index is 12.7. The topological polar surface area (TPSA) is 88.3 Å². The third-order valence-electron chi connectivity index (χ3n) is 5.06. The third kappa shape index (κ3) is 5.32. The van der Waals surface area contributed by atoms with Gasteiger partial charge in [-0.15, -0.1) is 22.0 Å². The molecule has 1 N–H and O–H groups in total. The molecule has 8 heteroatoms. The number of benzene rings is 2. The Bertz CT molecular complexity index is 1050. The lowest BCUT2D eigenvalue weighted by Crippen LogP contribution is -2.44. The monoisotopic (exact) mass is 436 g/mol. The Hall–Kier alpha value is -3.13. The minimum Gasteiger partial charge on any atom is -0.421 e. The zero-order valence-electron chi connectivity index (χ0n) is 17.3. The van der Waals surface area contributed by atoms with Gasteiger partial charge >= 0.3 is 0 Å². The highest BCUT2D eigenvalue weighted by Crippen LogP contribution is 2.24. The summed E-state index contributed by atoms with van der Waals surface area (Å²) in [7, 11) is 0. The molecule has 3 aromatic rings. The van der Waals surface area contributed by atoms with E-state index in [4.69, 9.17) is 4.42 Å².